The third-order valence-corrected chi connectivity index (χ3v) is 2.60. The zero-order valence-electron chi connectivity index (χ0n) is 8.00. The van der Waals surface area contributed by atoms with E-state index in [1.54, 1.807) is 7.85 Å². The van der Waals surface area contributed by atoms with Crippen molar-refractivity contribution in [2.75, 3.05) is 0 Å². The predicted molar refractivity (Wildman–Crippen MR) is 49.2 cm³/mol. The van der Waals surface area contributed by atoms with Crippen LogP contribution in [0.25, 0.3) is 0 Å². The summed E-state index contributed by atoms with van der Waals surface area (Å²) in [6, 6.07) is 0. The van der Waals surface area contributed by atoms with E-state index >= 15 is 0 Å². The van der Waals surface area contributed by atoms with Gasteiger partial charge in [0.25, 0.3) is 0 Å². The lowest BCUT2D eigenvalue weighted by molar-refractivity contribution is -0.0889. The summed E-state index contributed by atoms with van der Waals surface area (Å²) < 4.78 is 36.8. The van der Waals surface area contributed by atoms with Crippen molar-refractivity contribution in [2.45, 2.75) is 26.4 Å². The fourth-order valence-corrected chi connectivity index (χ4v) is 1.21. The molecule has 0 nitrogen and oxygen atoms in total. The quantitative estimate of drug-likeness (QED) is 0.512. The van der Waals surface area contributed by atoms with Gasteiger partial charge in [0.15, 0.2) is 0 Å². The van der Waals surface area contributed by atoms with E-state index in [1.165, 1.54) is 12.2 Å². The normalized spacial score (nSPS) is 22.2. The van der Waals surface area contributed by atoms with Gasteiger partial charge >= 0.3 is 6.18 Å². The van der Waals surface area contributed by atoms with Crippen LogP contribution in [0.3, 0.4) is 0 Å². The van der Waals surface area contributed by atoms with Crippen molar-refractivity contribution in [3.63, 3.8) is 0 Å². The van der Waals surface area contributed by atoms with E-state index in [4.69, 9.17) is 0 Å². The number of allylic oxidation sites excluding steroid dienone is 4. The molecule has 0 N–H and O–H groups in total. The maximum Gasteiger partial charge on any atom is 0.416 e. The van der Waals surface area contributed by atoms with Crippen molar-refractivity contribution >= 4 is 7.85 Å². The second-order valence-corrected chi connectivity index (χ2v) is 4.07. The smallest absolute Gasteiger partial charge is 0.166 e. The van der Waals surface area contributed by atoms with Crippen LogP contribution in [-0.4, -0.2) is 14.0 Å². The fraction of sp³-hybridized carbons (Fsp3) is 0.556. The van der Waals surface area contributed by atoms with Crippen molar-refractivity contribution in [2.24, 2.45) is 5.41 Å². The van der Waals surface area contributed by atoms with Gasteiger partial charge in [-0.1, -0.05) is 26.0 Å². The highest BCUT2D eigenvalue weighted by molar-refractivity contribution is 6.22. The molecule has 13 heavy (non-hydrogen) atoms. The Hall–Kier alpha value is -0.665. The van der Waals surface area contributed by atoms with Gasteiger partial charge in [-0.25, -0.2) is 0 Å². The molecule has 0 unspecified atom stereocenters. The number of alkyl halides is 3. The van der Waals surface area contributed by atoms with E-state index in [0.29, 0.717) is 6.42 Å². The first-order chi connectivity index (χ1) is 5.73. The number of hydrogen-bond donors (Lipinski definition) is 0. The van der Waals surface area contributed by atoms with Crippen LogP contribution in [0.1, 0.15) is 20.3 Å². The molecule has 1 aliphatic rings. The van der Waals surface area contributed by atoms with Crippen LogP contribution >= 0.6 is 0 Å². The molecule has 0 bridgehead atoms. The molecule has 0 heterocycles. The summed E-state index contributed by atoms with van der Waals surface area (Å²) in [5, 5.41) is 0. The molecule has 1 aliphatic carbocycles. The summed E-state index contributed by atoms with van der Waals surface area (Å²) in [5.41, 5.74) is 0.154. The average Bonchev–Trinajstić information content (AvgIpc) is 1.92. The van der Waals surface area contributed by atoms with Crippen molar-refractivity contribution in [3.05, 3.63) is 23.2 Å². The molecule has 0 aliphatic heterocycles. The third-order valence-electron chi connectivity index (χ3n) is 2.60. The molecule has 0 saturated heterocycles. The van der Waals surface area contributed by atoms with Crippen LogP contribution in [0.5, 0.6) is 0 Å². The molecule has 0 radical (unpaired) electrons. The Kier molecular flexibility index (Phi) is 2.35. The van der Waals surface area contributed by atoms with Crippen LogP contribution in [0.15, 0.2) is 23.2 Å². The lowest BCUT2D eigenvalue weighted by atomic mass is 9.68. The lowest BCUT2D eigenvalue weighted by Crippen LogP contribution is -2.21. The molecule has 0 fully saturated rings. The summed E-state index contributed by atoms with van der Waals surface area (Å²) in [7, 11) is 1.75. The van der Waals surface area contributed by atoms with E-state index < -0.39 is 11.7 Å². The van der Waals surface area contributed by atoms with Crippen molar-refractivity contribution in [3.8, 4) is 0 Å². The predicted octanol–water partition coefficient (Wildman–Crippen LogP) is 2.42. The second kappa shape index (κ2) is 2.93. The number of rotatable bonds is 0. The number of hydrogen-bond acceptors (Lipinski definition) is 0. The van der Waals surface area contributed by atoms with Gasteiger partial charge in [0.1, 0.15) is 7.85 Å². The Morgan fingerprint density at radius 1 is 1.38 bits per heavy atom. The van der Waals surface area contributed by atoms with Gasteiger partial charge in [0.2, 0.25) is 0 Å². The zero-order valence-corrected chi connectivity index (χ0v) is 8.00. The lowest BCUT2D eigenvalue weighted by Gasteiger charge is -2.29. The first-order valence-corrected chi connectivity index (χ1v) is 4.19. The van der Waals surface area contributed by atoms with E-state index in [9.17, 15) is 13.2 Å². The first kappa shape index (κ1) is 10.4. The van der Waals surface area contributed by atoms with Crippen molar-refractivity contribution in [1.29, 1.82) is 0 Å². The maximum atomic E-state index is 12.3. The molecule has 4 heteroatoms. The molecular weight excluding hydrogens is 176 g/mol. The van der Waals surface area contributed by atoms with Gasteiger partial charge in [-0.2, -0.15) is 13.2 Å². The minimum Gasteiger partial charge on any atom is -0.166 e. The molecule has 0 aromatic carbocycles. The molecule has 0 amide bonds. The van der Waals surface area contributed by atoms with Crippen LogP contribution in [0.2, 0.25) is 0 Å². The van der Waals surface area contributed by atoms with E-state index in [-0.39, 0.29) is 5.41 Å². The topological polar surface area (TPSA) is 0 Å². The van der Waals surface area contributed by atoms with E-state index in [2.05, 4.69) is 0 Å². The molecule has 0 aromatic heterocycles. The standard InChI is InChI=1S/C9H12BF3/c1-8(2)4-3-6(5-7(8)10)9(11,12)13/h3,5H,4,10H2,1-2H3. The SMILES string of the molecule is BC1=CC(C(F)(F)F)=CCC1(C)C. The highest BCUT2D eigenvalue weighted by Crippen LogP contribution is 2.38. The Morgan fingerprint density at radius 3 is 2.31 bits per heavy atom. The third kappa shape index (κ3) is 2.17. The fourth-order valence-electron chi connectivity index (χ4n) is 1.21. The monoisotopic (exact) mass is 188 g/mol. The second-order valence-electron chi connectivity index (χ2n) is 4.07. The summed E-state index contributed by atoms with van der Waals surface area (Å²) in [6.07, 6.45) is -1.22. The van der Waals surface area contributed by atoms with Gasteiger partial charge in [-0.05, 0) is 11.8 Å². The molecule has 0 saturated carbocycles. The molecule has 72 valence electrons. The summed E-state index contributed by atoms with van der Waals surface area (Å²) in [4.78, 5) is 0. The van der Waals surface area contributed by atoms with Gasteiger partial charge in [-0.15, -0.1) is 5.47 Å². The van der Waals surface area contributed by atoms with Gasteiger partial charge in [0.05, 0.1) is 5.57 Å². The van der Waals surface area contributed by atoms with Gasteiger partial charge < -0.3 is 0 Å². The Morgan fingerprint density at radius 2 is 1.92 bits per heavy atom. The van der Waals surface area contributed by atoms with Crippen molar-refractivity contribution < 1.29 is 13.2 Å². The van der Waals surface area contributed by atoms with Gasteiger partial charge in [0, 0.05) is 0 Å². The van der Waals surface area contributed by atoms with Crippen LogP contribution in [0, 0.1) is 5.41 Å². The minimum atomic E-state index is -4.20. The first-order valence-electron chi connectivity index (χ1n) is 4.19. The largest absolute Gasteiger partial charge is 0.416 e. The Labute approximate surface area is 76.9 Å². The minimum absolute atomic E-state index is 0.130. The summed E-state index contributed by atoms with van der Waals surface area (Å²) >= 11 is 0. The highest BCUT2D eigenvalue weighted by atomic mass is 19.4. The molecular formula is C9H12BF3. The van der Waals surface area contributed by atoms with Crippen molar-refractivity contribution in [1.82, 2.24) is 0 Å². The maximum absolute atomic E-state index is 12.3. The van der Waals surface area contributed by atoms with Crippen LogP contribution in [0.4, 0.5) is 13.2 Å². The van der Waals surface area contributed by atoms with Crippen LogP contribution < -0.4 is 0 Å². The molecule has 0 spiro atoms. The average molecular weight is 188 g/mol. The molecule has 1 rings (SSSR count). The summed E-state index contributed by atoms with van der Waals surface area (Å²) in [5.74, 6) is 0. The number of halogens is 3. The van der Waals surface area contributed by atoms with Crippen LogP contribution in [-0.2, 0) is 0 Å². The molecule has 0 atom stereocenters. The van der Waals surface area contributed by atoms with Gasteiger partial charge in [-0.3, -0.25) is 0 Å². The Balaban J connectivity index is 2.95. The Bertz CT molecular complexity index is 271. The highest BCUT2D eigenvalue weighted by Gasteiger charge is 2.35. The van der Waals surface area contributed by atoms with E-state index in [0.717, 1.165) is 5.47 Å². The molecule has 0 aromatic rings. The summed E-state index contributed by atoms with van der Waals surface area (Å²) in [6.45, 7) is 3.89. The van der Waals surface area contributed by atoms with E-state index in [1.807, 2.05) is 13.8 Å². The zero-order chi connectivity index (χ0) is 10.3.